The van der Waals surface area contributed by atoms with Crippen LogP contribution in [0.4, 0.5) is 0 Å². The van der Waals surface area contributed by atoms with E-state index in [2.05, 4.69) is 18.1 Å². The van der Waals surface area contributed by atoms with Gasteiger partial charge in [0.05, 0.1) is 12.7 Å². The first kappa shape index (κ1) is 15.8. The van der Waals surface area contributed by atoms with Crippen LogP contribution in [0.25, 0.3) is 0 Å². The van der Waals surface area contributed by atoms with Gasteiger partial charge in [-0.25, -0.2) is 0 Å². The lowest BCUT2D eigenvalue weighted by Gasteiger charge is -2.21. The van der Waals surface area contributed by atoms with Gasteiger partial charge >= 0.3 is 0 Å². The van der Waals surface area contributed by atoms with E-state index in [0.717, 1.165) is 19.4 Å². The van der Waals surface area contributed by atoms with E-state index in [4.69, 9.17) is 11.2 Å². The lowest BCUT2D eigenvalue weighted by Crippen LogP contribution is -2.24. The second kappa shape index (κ2) is 8.74. The van der Waals surface area contributed by atoms with Crippen LogP contribution in [-0.4, -0.2) is 17.8 Å². The lowest BCUT2D eigenvalue weighted by molar-refractivity contribution is 0.0686. The van der Waals surface area contributed by atoms with Gasteiger partial charge < -0.3 is 9.84 Å². The molecule has 0 saturated carbocycles. The molecule has 0 bridgehead atoms. The highest BCUT2D eigenvalue weighted by molar-refractivity contribution is 5.13. The van der Waals surface area contributed by atoms with Crippen LogP contribution in [0.3, 0.4) is 0 Å². The predicted molar refractivity (Wildman–Crippen MR) is 78.5 cm³/mol. The van der Waals surface area contributed by atoms with E-state index in [0.29, 0.717) is 6.61 Å². The average Bonchev–Trinajstić information content (AvgIpc) is 2.46. The molecule has 0 aliphatic carbocycles. The summed E-state index contributed by atoms with van der Waals surface area (Å²) in [7, 11) is 0. The van der Waals surface area contributed by atoms with E-state index in [1.54, 1.807) is 0 Å². The minimum atomic E-state index is -0.417. The summed E-state index contributed by atoms with van der Waals surface area (Å²) in [5, 5.41) is 9.94. The Bertz CT molecular complexity index is 380. The van der Waals surface area contributed by atoms with Gasteiger partial charge in [-0.05, 0) is 31.2 Å². The van der Waals surface area contributed by atoms with Gasteiger partial charge in [-0.15, -0.1) is 12.3 Å². The molecule has 0 saturated heterocycles. The van der Waals surface area contributed by atoms with Gasteiger partial charge in [0.25, 0.3) is 0 Å². The minimum absolute atomic E-state index is 0.0831. The number of aliphatic hydroxyl groups excluding tert-OH is 1. The average molecular weight is 260 g/mol. The van der Waals surface area contributed by atoms with Gasteiger partial charge in [0.15, 0.2) is 0 Å². The topological polar surface area (TPSA) is 29.5 Å². The second-order valence-corrected chi connectivity index (χ2v) is 5.10. The van der Waals surface area contributed by atoms with Crippen molar-refractivity contribution in [3.05, 3.63) is 35.9 Å². The number of ether oxygens (including phenoxy) is 1. The molecule has 2 heteroatoms. The summed E-state index contributed by atoms with van der Waals surface area (Å²) in [5.41, 5.74) is 1.19. The van der Waals surface area contributed by atoms with Crippen LogP contribution in [-0.2, 0) is 11.3 Å². The van der Waals surface area contributed by atoms with E-state index >= 15 is 0 Å². The smallest absolute Gasteiger partial charge is 0.0716 e. The number of hydrogen-bond acceptors (Lipinski definition) is 2. The van der Waals surface area contributed by atoms with E-state index in [1.165, 1.54) is 5.56 Å². The molecule has 1 aromatic carbocycles. The Morgan fingerprint density at radius 1 is 1.26 bits per heavy atom. The van der Waals surface area contributed by atoms with Crippen LogP contribution >= 0.6 is 0 Å². The maximum absolute atomic E-state index is 9.94. The lowest BCUT2D eigenvalue weighted by atomic mass is 9.91. The first-order valence-corrected chi connectivity index (χ1v) is 6.91. The van der Waals surface area contributed by atoms with Gasteiger partial charge in [-0.3, -0.25) is 0 Å². The molecule has 0 fully saturated rings. The molecule has 0 aliphatic heterocycles. The fourth-order valence-electron chi connectivity index (χ4n) is 2.03. The van der Waals surface area contributed by atoms with Crippen molar-refractivity contribution in [1.82, 2.24) is 0 Å². The van der Waals surface area contributed by atoms with Crippen molar-refractivity contribution in [2.75, 3.05) is 6.61 Å². The normalized spacial score (nSPS) is 15.5. The monoisotopic (exact) mass is 260 g/mol. The molecule has 19 heavy (non-hydrogen) atoms. The number of hydrogen-bond donors (Lipinski definition) is 1. The molecule has 3 atom stereocenters. The molecular formula is C17H24O2. The Kier molecular flexibility index (Phi) is 7.25. The molecule has 0 aromatic heterocycles. The van der Waals surface area contributed by atoms with Crippen LogP contribution in [0.2, 0.25) is 0 Å². The first-order chi connectivity index (χ1) is 9.15. The van der Waals surface area contributed by atoms with Gasteiger partial charge in [-0.1, -0.05) is 37.3 Å². The van der Waals surface area contributed by atoms with Gasteiger partial charge in [0.2, 0.25) is 0 Å². The highest BCUT2D eigenvalue weighted by Crippen LogP contribution is 2.17. The molecule has 2 nitrogen and oxygen atoms in total. The SMILES string of the molecule is C#C[C@H](C)[C@@H](O)[C@H](C)CCCOCc1ccccc1. The van der Waals surface area contributed by atoms with Crippen molar-refractivity contribution < 1.29 is 9.84 Å². The van der Waals surface area contributed by atoms with Crippen LogP contribution in [0, 0.1) is 24.2 Å². The Labute approximate surface area is 116 Å². The molecule has 0 radical (unpaired) electrons. The molecule has 0 unspecified atom stereocenters. The van der Waals surface area contributed by atoms with Crippen LogP contribution in [0.1, 0.15) is 32.3 Å². The summed E-state index contributed by atoms with van der Waals surface area (Å²) in [5.74, 6) is 2.72. The van der Waals surface area contributed by atoms with Crippen molar-refractivity contribution in [3.63, 3.8) is 0 Å². The highest BCUT2D eigenvalue weighted by atomic mass is 16.5. The first-order valence-electron chi connectivity index (χ1n) is 6.91. The van der Waals surface area contributed by atoms with Crippen molar-refractivity contribution in [2.45, 2.75) is 39.4 Å². The molecule has 1 N–H and O–H groups in total. The Hall–Kier alpha value is -1.30. The summed E-state index contributed by atoms with van der Waals surface area (Å²) < 4.78 is 5.61. The quantitative estimate of drug-likeness (QED) is 0.574. The molecule has 1 rings (SSSR count). The van der Waals surface area contributed by atoms with Crippen molar-refractivity contribution in [2.24, 2.45) is 11.8 Å². The van der Waals surface area contributed by atoms with Crippen molar-refractivity contribution >= 4 is 0 Å². The Balaban J connectivity index is 2.12. The zero-order valence-corrected chi connectivity index (χ0v) is 11.9. The minimum Gasteiger partial charge on any atom is -0.392 e. The molecule has 1 aromatic rings. The van der Waals surface area contributed by atoms with Crippen LogP contribution in [0.15, 0.2) is 30.3 Å². The van der Waals surface area contributed by atoms with E-state index in [1.807, 2.05) is 32.0 Å². The zero-order valence-electron chi connectivity index (χ0n) is 11.9. The number of rotatable bonds is 8. The van der Waals surface area contributed by atoms with Crippen LogP contribution < -0.4 is 0 Å². The summed E-state index contributed by atoms with van der Waals surface area (Å²) >= 11 is 0. The summed E-state index contributed by atoms with van der Waals surface area (Å²) in [6, 6.07) is 10.1. The molecule has 0 spiro atoms. The molecule has 104 valence electrons. The number of aliphatic hydroxyl groups is 1. The Morgan fingerprint density at radius 3 is 2.58 bits per heavy atom. The Morgan fingerprint density at radius 2 is 1.95 bits per heavy atom. The summed E-state index contributed by atoms with van der Waals surface area (Å²) in [6.07, 6.45) is 6.78. The summed E-state index contributed by atoms with van der Waals surface area (Å²) in [4.78, 5) is 0. The van der Waals surface area contributed by atoms with Crippen molar-refractivity contribution in [3.8, 4) is 12.3 Å². The van der Waals surface area contributed by atoms with E-state index < -0.39 is 6.10 Å². The van der Waals surface area contributed by atoms with Gasteiger partial charge in [0, 0.05) is 12.5 Å². The third kappa shape index (κ3) is 5.92. The predicted octanol–water partition coefficient (Wildman–Crippen LogP) is 3.25. The zero-order chi connectivity index (χ0) is 14.1. The fourth-order valence-corrected chi connectivity index (χ4v) is 2.03. The maximum Gasteiger partial charge on any atom is 0.0716 e. The number of benzene rings is 1. The molecule has 0 heterocycles. The van der Waals surface area contributed by atoms with E-state index in [-0.39, 0.29) is 11.8 Å². The van der Waals surface area contributed by atoms with Crippen molar-refractivity contribution in [1.29, 1.82) is 0 Å². The molecule has 0 amide bonds. The molecule has 0 aliphatic rings. The largest absolute Gasteiger partial charge is 0.392 e. The van der Waals surface area contributed by atoms with Gasteiger partial charge in [0.1, 0.15) is 0 Å². The van der Waals surface area contributed by atoms with E-state index in [9.17, 15) is 5.11 Å². The van der Waals surface area contributed by atoms with Gasteiger partial charge in [-0.2, -0.15) is 0 Å². The molecular weight excluding hydrogens is 236 g/mol. The summed E-state index contributed by atoms with van der Waals surface area (Å²) in [6.45, 7) is 5.29. The maximum atomic E-state index is 9.94. The standard InChI is InChI=1S/C17H24O2/c1-4-14(2)17(18)15(3)9-8-12-19-13-16-10-6-5-7-11-16/h1,5-7,10-11,14-15,17-18H,8-9,12-13H2,2-3H3/t14-,15+,17+/m0/s1. The second-order valence-electron chi connectivity index (χ2n) is 5.10. The van der Waals surface area contributed by atoms with Crippen LogP contribution in [0.5, 0.6) is 0 Å². The fraction of sp³-hybridized carbons (Fsp3) is 0.529. The third-order valence-electron chi connectivity index (χ3n) is 3.42. The highest BCUT2D eigenvalue weighted by Gasteiger charge is 2.18. The third-order valence-corrected chi connectivity index (χ3v) is 3.42. The number of terminal acetylenes is 1.